The monoisotopic (exact) mass is 413 g/mol. The number of aliphatic hydroxyl groups is 1. The highest BCUT2D eigenvalue weighted by molar-refractivity contribution is 6.01. The first kappa shape index (κ1) is 20.8. The van der Waals surface area contributed by atoms with Crippen LogP contribution in [0.2, 0.25) is 0 Å². The van der Waals surface area contributed by atoms with Crippen LogP contribution in [-0.4, -0.2) is 56.4 Å². The first-order valence-corrected chi connectivity index (χ1v) is 10.6. The highest BCUT2D eigenvalue weighted by atomic mass is 16.5. The summed E-state index contributed by atoms with van der Waals surface area (Å²) in [5.74, 6) is 1.94. The first-order valence-electron chi connectivity index (χ1n) is 10.6. The maximum absolute atomic E-state index is 10.6. The Bertz CT molecular complexity index is 1030. The lowest BCUT2D eigenvalue weighted by Gasteiger charge is -2.57. The number of ether oxygens (including phenoxy) is 1. The second kappa shape index (κ2) is 8.00. The van der Waals surface area contributed by atoms with E-state index in [0.29, 0.717) is 31.2 Å². The SMILES string of the molecule is COC(C)(C)C.O=CNCCc1nc2cnc3[nH]ccc3c2n1C1CC2CC(O)C21. The number of H-pyrrole nitrogens is 1. The summed E-state index contributed by atoms with van der Waals surface area (Å²) in [5, 5.41) is 13.9. The number of nitrogens with one attached hydrogen (secondary N) is 2. The van der Waals surface area contributed by atoms with E-state index in [1.54, 1.807) is 13.3 Å². The largest absolute Gasteiger partial charge is 0.393 e. The molecule has 2 saturated carbocycles. The van der Waals surface area contributed by atoms with E-state index in [4.69, 9.17) is 9.72 Å². The van der Waals surface area contributed by atoms with Gasteiger partial charge in [-0.05, 0) is 45.6 Å². The second-order valence-electron chi connectivity index (χ2n) is 9.21. The van der Waals surface area contributed by atoms with E-state index in [2.05, 4.69) is 19.9 Å². The van der Waals surface area contributed by atoms with Gasteiger partial charge >= 0.3 is 0 Å². The van der Waals surface area contributed by atoms with Crippen LogP contribution in [0.25, 0.3) is 22.1 Å². The molecule has 0 spiro atoms. The molecule has 1 amide bonds. The molecule has 0 saturated heterocycles. The third kappa shape index (κ3) is 3.70. The number of aromatic amines is 1. The molecule has 162 valence electrons. The molecule has 2 aliphatic carbocycles. The molecule has 4 atom stereocenters. The average molecular weight is 414 g/mol. The van der Waals surface area contributed by atoms with Crippen LogP contribution in [0.3, 0.4) is 0 Å². The van der Waals surface area contributed by atoms with Gasteiger partial charge in [0.2, 0.25) is 6.41 Å². The van der Waals surface area contributed by atoms with Crippen LogP contribution in [0.4, 0.5) is 0 Å². The summed E-state index contributed by atoms with van der Waals surface area (Å²) in [6.07, 6.45) is 6.90. The Morgan fingerprint density at radius 1 is 1.40 bits per heavy atom. The van der Waals surface area contributed by atoms with E-state index in [1.165, 1.54) is 0 Å². The Labute approximate surface area is 176 Å². The van der Waals surface area contributed by atoms with Gasteiger partial charge in [0, 0.05) is 43.6 Å². The van der Waals surface area contributed by atoms with Crippen molar-refractivity contribution in [3.05, 3.63) is 24.3 Å². The summed E-state index contributed by atoms with van der Waals surface area (Å²) in [4.78, 5) is 22.9. The highest BCUT2D eigenvalue weighted by Gasteiger charge is 2.54. The van der Waals surface area contributed by atoms with Gasteiger partial charge in [0.05, 0.1) is 23.4 Å². The van der Waals surface area contributed by atoms with E-state index < -0.39 is 0 Å². The Morgan fingerprint density at radius 2 is 2.17 bits per heavy atom. The topological polar surface area (TPSA) is 105 Å². The molecule has 3 heterocycles. The molecule has 2 fully saturated rings. The van der Waals surface area contributed by atoms with Gasteiger partial charge in [-0.1, -0.05) is 0 Å². The lowest BCUT2D eigenvalue weighted by molar-refractivity contribution is -0.133. The first-order chi connectivity index (χ1) is 14.3. The van der Waals surface area contributed by atoms with Crippen LogP contribution in [-0.2, 0) is 16.0 Å². The van der Waals surface area contributed by atoms with Crippen LogP contribution in [0.5, 0.6) is 0 Å². The number of pyridine rings is 1. The van der Waals surface area contributed by atoms with Gasteiger partial charge in [-0.25, -0.2) is 9.97 Å². The maximum Gasteiger partial charge on any atom is 0.207 e. The number of nitrogens with zero attached hydrogens (tertiary/aromatic N) is 3. The van der Waals surface area contributed by atoms with Gasteiger partial charge in [-0.15, -0.1) is 0 Å². The van der Waals surface area contributed by atoms with Crippen molar-refractivity contribution in [1.29, 1.82) is 0 Å². The molecule has 0 bridgehead atoms. The summed E-state index contributed by atoms with van der Waals surface area (Å²) in [6, 6.07) is 2.32. The van der Waals surface area contributed by atoms with Gasteiger partial charge in [0.1, 0.15) is 17.0 Å². The zero-order chi connectivity index (χ0) is 21.5. The van der Waals surface area contributed by atoms with Gasteiger partial charge in [0.15, 0.2) is 0 Å². The predicted octanol–water partition coefficient (Wildman–Crippen LogP) is 2.57. The molecule has 4 unspecified atom stereocenters. The maximum atomic E-state index is 10.6. The molecule has 0 aromatic carbocycles. The van der Waals surface area contributed by atoms with E-state index in [0.717, 1.165) is 40.7 Å². The number of amides is 1. The Morgan fingerprint density at radius 3 is 2.80 bits per heavy atom. The molecule has 8 heteroatoms. The minimum atomic E-state index is -0.198. The fourth-order valence-electron chi connectivity index (χ4n) is 4.53. The van der Waals surface area contributed by atoms with Gasteiger partial charge < -0.3 is 24.7 Å². The zero-order valence-electron chi connectivity index (χ0n) is 18.1. The van der Waals surface area contributed by atoms with Crippen molar-refractivity contribution in [3.63, 3.8) is 0 Å². The number of aromatic nitrogens is 4. The number of hydrogen-bond donors (Lipinski definition) is 3. The van der Waals surface area contributed by atoms with E-state index in [-0.39, 0.29) is 17.7 Å². The van der Waals surface area contributed by atoms with Crippen LogP contribution in [0.15, 0.2) is 18.5 Å². The van der Waals surface area contributed by atoms with Crippen molar-refractivity contribution < 1.29 is 14.6 Å². The average Bonchev–Trinajstić information content (AvgIpc) is 3.29. The van der Waals surface area contributed by atoms with Crippen LogP contribution in [0.1, 0.15) is 45.5 Å². The fraction of sp³-hybridized carbons (Fsp3) is 0.591. The number of methoxy groups -OCH3 is 1. The molecule has 30 heavy (non-hydrogen) atoms. The van der Waals surface area contributed by atoms with Gasteiger partial charge in [0.25, 0.3) is 0 Å². The van der Waals surface area contributed by atoms with Crippen LogP contribution < -0.4 is 5.32 Å². The van der Waals surface area contributed by atoms with Gasteiger partial charge in [-0.2, -0.15) is 0 Å². The molecule has 3 aromatic heterocycles. The molecule has 2 aliphatic rings. The lowest BCUT2D eigenvalue weighted by Crippen LogP contribution is -2.55. The van der Waals surface area contributed by atoms with E-state index in [1.807, 2.05) is 33.0 Å². The Hall–Kier alpha value is -2.45. The molecule has 8 nitrogen and oxygen atoms in total. The number of fused-ring (bicyclic) bond motifs is 4. The molecule has 0 radical (unpaired) electrons. The highest BCUT2D eigenvalue weighted by Crippen LogP contribution is 2.57. The van der Waals surface area contributed by atoms with Crippen molar-refractivity contribution >= 4 is 28.5 Å². The number of aliphatic hydroxyl groups excluding tert-OH is 1. The third-order valence-electron chi connectivity index (χ3n) is 6.35. The summed E-state index contributed by atoms with van der Waals surface area (Å²) in [6.45, 7) is 6.62. The normalized spacial score (nSPS) is 25.1. The van der Waals surface area contributed by atoms with Gasteiger partial charge in [-0.3, -0.25) is 4.79 Å². The summed E-state index contributed by atoms with van der Waals surface area (Å²) >= 11 is 0. The number of imidazole rings is 1. The third-order valence-corrected chi connectivity index (χ3v) is 6.35. The summed E-state index contributed by atoms with van der Waals surface area (Å²) in [7, 11) is 1.71. The minimum Gasteiger partial charge on any atom is -0.393 e. The van der Waals surface area contributed by atoms with E-state index >= 15 is 0 Å². The van der Waals surface area contributed by atoms with Crippen molar-refractivity contribution in [2.75, 3.05) is 13.7 Å². The number of hydrogen-bond acceptors (Lipinski definition) is 5. The number of carbonyl (C=O) groups is 1. The Kier molecular flexibility index (Phi) is 5.55. The minimum absolute atomic E-state index is 0.0417. The summed E-state index contributed by atoms with van der Waals surface area (Å²) < 4.78 is 7.23. The fourth-order valence-corrected chi connectivity index (χ4v) is 4.53. The number of carbonyl (C=O) groups excluding carboxylic acids is 1. The van der Waals surface area contributed by atoms with Crippen molar-refractivity contribution in [2.45, 2.75) is 57.8 Å². The molecule has 3 aromatic rings. The summed E-state index contributed by atoms with van der Waals surface area (Å²) in [5.41, 5.74) is 2.86. The molecule has 5 rings (SSSR count). The van der Waals surface area contributed by atoms with Crippen molar-refractivity contribution in [2.24, 2.45) is 11.8 Å². The van der Waals surface area contributed by atoms with Crippen LogP contribution in [0, 0.1) is 11.8 Å². The molecule has 0 aliphatic heterocycles. The van der Waals surface area contributed by atoms with Crippen LogP contribution >= 0.6 is 0 Å². The smallest absolute Gasteiger partial charge is 0.207 e. The van der Waals surface area contributed by atoms with Crippen molar-refractivity contribution in [3.8, 4) is 0 Å². The quantitative estimate of drug-likeness (QED) is 0.440. The predicted molar refractivity (Wildman–Crippen MR) is 115 cm³/mol. The lowest BCUT2D eigenvalue weighted by atomic mass is 9.54. The zero-order valence-corrected chi connectivity index (χ0v) is 18.1. The second-order valence-corrected chi connectivity index (χ2v) is 9.21. The number of rotatable bonds is 5. The van der Waals surface area contributed by atoms with Crippen molar-refractivity contribution in [1.82, 2.24) is 24.8 Å². The molecular weight excluding hydrogens is 382 g/mol. The molecule has 3 N–H and O–H groups in total. The molecular formula is C22H31N5O3. The standard InChI is InChI=1S/C17H19N5O2.C5H12O/c23-8-18-3-2-14-21-11-7-20-17-10(1-4-19-17)16(11)22(14)12-5-9-6-13(24)15(9)12;1-5(2,3)6-4/h1,4,7-9,12-13,15,24H,2-3,5-6H2,(H,18,23)(H,19,20);1-4H3. The van der Waals surface area contributed by atoms with E-state index in [9.17, 15) is 9.90 Å². The Balaban J connectivity index is 0.000000322.